The molecule has 0 aliphatic heterocycles. The summed E-state index contributed by atoms with van der Waals surface area (Å²) in [5.74, 6) is 0.575. The van der Waals surface area contributed by atoms with Crippen molar-refractivity contribution in [2.75, 3.05) is 11.9 Å². The van der Waals surface area contributed by atoms with Gasteiger partial charge in [-0.25, -0.2) is 0 Å². The minimum absolute atomic E-state index is 0.454. The topological polar surface area (TPSA) is 12.0 Å². The second-order valence-electron chi connectivity index (χ2n) is 5.46. The van der Waals surface area contributed by atoms with Crippen molar-refractivity contribution in [3.8, 4) is 0 Å². The summed E-state index contributed by atoms with van der Waals surface area (Å²) in [6, 6.07) is 3.99. The Balaban J connectivity index is 2.00. The fourth-order valence-corrected chi connectivity index (χ4v) is 3.18. The molecule has 0 radical (unpaired) electrons. The SMILES string of the molecule is FC(F)(F)c1cc(Br)cc(NCC2CCCCCC2)c1. The van der Waals surface area contributed by atoms with Crippen molar-refractivity contribution in [3.05, 3.63) is 28.2 Å². The van der Waals surface area contributed by atoms with E-state index in [1.54, 1.807) is 6.07 Å². The van der Waals surface area contributed by atoms with Gasteiger partial charge in [0.1, 0.15) is 0 Å². The van der Waals surface area contributed by atoms with E-state index in [-0.39, 0.29) is 0 Å². The van der Waals surface area contributed by atoms with Crippen LogP contribution in [0.3, 0.4) is 0 Å². The molecule has 1 aliphatic carbocycles. The van der Waals surface area contributed by atoms with Crippen LogP contribution < -0.4 is 5.32 Å². The summed E-state index contributed by atoms with van der Waals surface area (Å²) in [5, 5.41) is 3.17. The molecule has 112 valence electrons. The molecule has 1 fully saturated rings. The van der Waals surface area contributed by atoms with E-state index in [2.05, 4.69) is 21.2 Å². The number of anilines is 1. The van der Waals surface area contributed by atoms with Crippen LogP contribution in [-0.2, 0) is 6.18 Å². The van der Waals surface area contributed by atoms with Crippen molar-refractivity contribution in [2.45, 2.75) is 44.7 Å². The van der Waals surface area contributed by atoms with E-state index in [0.717, 1.165) is 12.6 Å². The third-order valence-electron chi connectivity index (χ3n) is 3.79. The van der Waals surface area contributed by atoms with Crippen LogP contribution in [-0.4, -0.2) is 6.54 Å². The number of alkyl halides is 3. The van der Waals surface area contributed by atoms with Gasteiger partial charge < -0.3 is 5.32 Å². The second kappa shape index (κ2) is 6.83. The predicted octanol–water partition coefficient (Wildman–Crippen LogP) is 5.85. The van der Waals surface area contributed by atoms with Gasteiger partial charge in [0.2, 0.25) is 0 Å². The summed E-state index contributed by atoms with van der Waals surface area (Å²) in [5.41, 5.74) is -0.0776. The summed E-state index contributed by atoms with van der Waals surface area (Å²) in [6.07, 6.45) is 3.08. The zero-order chi connectivity index (χ0) is 14.6. The molecule has 1 aromatic rings. The summed E-state index contributed by atoms with van der Waals surface area (Å²) < 4.78 is 38.7. The molecule has 20 heavy (non-hydrogen) atoms. The standard InChI is InChI=1S/C15H19BrF3N/c16-13-7-12(15(17,18)19)8-14(9-13)20-10-11-5-3-1-2-4-6-11/h7-9,11,20H,1-6,10H2. The Morgan fingerprint density at radius 1 is 1.05 bits per heavy atom. The highest BCUT2D eigenvalue weighted by molar-refractivity contribution is 9.10. The Morgan fingerprint density at radius 3 is 2.30 bits per heavy atom. The highest BCUT2D eigenvalue weighted by Gasteiger charge is 2.31. The Kier molecular flexibility index (Phi) is 5.35. The smallest absolute Gasteiger partial charge is 0.385 e. The van der Waals surface area contributed by atoms with Crippen LogP contribution in [0, 0.1) is 5.92 Å². The van der Waals surface area contributed by atoms with Gasteiger partial charge in [0, 0.05) is 16.7 Å². The van der Waals surface area contributed by atoms with Crippen molar-refractivity contribution >= 4 is 21.6 Å². The Labute approximate surface area is 126 Å². The molecule has 2 rings (SSSR count). The Hall–Kier alpha value is -0.710. The molecule has 0 bridgehead atoms. The molecular formula is C15H19BrF3N. The number of rotatable bonds is 3. The van der Waals surface area contributed by atoms with Gasteiger partial charge in [-0.05, 0) is 37.0 Å². The van der Waals surface area contributed by atoms with Crippen LogP contribution in [0.1, 0.15) is 44.1 Å². The van der Waals surface area contributed by atoms with Gasteiger partial charge >= 0.3 is 6.18 Å². The average Bonchev–Trinajstić information content (AvgIpc) is 2.63. The lowest BCUT2D eigenvalue weighted by molar-refractivity contribution is -0.137. The maximum Gasteiger partial charge on any atom is 0.416 e. The van der Waals surface area contributed by atoms with Gasteiger partial charge in [0.25, 0.3) is 0 Å². The molecular weight excluding hydrogens is 331 g/mol. The van der Waals surface area contributed by atoms with Crippen LogP contribution in [0.15, 0.2) is 22.7 Å². The monoisotopic (exact) mass is 349 g/mol. The molecule has 5 heteroatoms. The molecule has 0 unspecified atom stereocenters. The number of nitrogens with one attached hydrogen (secondary N) is 1. The van der Waals surface area contributed by atoms with E-state index in [9.17, 15) is 13.2 Å². The first-order valence-corrected chi connectivity index (χ1v) is 7.86. The van der Waals surface area contributed by atoms with Crippen LogP contribution in [0.4, 0.5) is 18.9 Å². The predicted molar refractivity (Wildman–Crippen MR) is 78.8 cm³/mol. The Bertz CT molecular complexity index is 437. The van der Waals surface area contributed by atoms with E-state index in [1.165, 1.54) is 44.6 Å². The minimum atomic E-state index is -4.30. The molecule has 0 heterocycles. The zero-order valence-electron chi connectivity index (χ0n) is 11.3. The third-order valence-corrected chi connectivity index (χ3v) is 4.25. The first-order chi connectivity index (χ1) is 9.45. The number of halogens is 4. The van der Waals surface area contributed by atoms with E-state index in [0.29, 0.717) is 16.1 Å². The van der Waals surface area contributed by atoms with Gasteiger partial charge in [-0.15, -0.1) is 0 Å². The lowest BCUT2D eigenvalue weighted by atomic mass is 10.0. The van der Waals surface area contributed by atoms with Crippen molar-refractivity contribution in [3.63, 3.8) is 0 Å². The van der Waals surface area contributed by atoms with Crippen molar-refractivity contribution in [1.82, 2.24) is 0 Å². The summed E-state index contributed by atoms with van der Waals surface area (Å²) in [6.45, 7) is 0.758. The lowest BCUT2D eigenvalue weighted by Gasteiger charge is -2.17. The quantitative estimate of drug-likeness (QED) is 0.674. The summed E-state index contributed by atoms with van der Waals surface area (Å²) in [7, 11) is 0. The van der Waals surface area contributed by atoms with E-state index in [1.807, 2.05) is 0 Å². The molecule has 0 amide bonds. The maximum atomic E-state index is 12.7. The molecule has 1 aliphatic rings. The first kappa shape index (κ1) is 15.7. The number of hydrogen-bond donors (Lipinski definition) is 1. The van der Waals surface area contributed by atoms with Crippen molar-refractivity contribution in [1.29, 1.82) is 0 Å². The average molecular weight is 350 g/mol. The van der Waals surface area contributed by atoms with Crippen LogP contribution >= 0.6 is 15.9 Å². The maximum absolute atomic E-state index is 12.7. The molecule has 0 spiro atoms. The fraction of sp³-hybridized carbons (Fsp3) is 0.600. The van der Waals surface area contributed by atoms with Crippen LogP contribution in [0.2, 0.25) is 0 Å². The van der Waals surface area contributed by atoms with E-state index >= 15 is 0 Å². The molecule has 0 saturated heterocycles. The number of benzene rings is 1. The summed E-state index contributed by atoms with van der Waals surface area (Å²) in [4.78, 5) is 0. The van der Waals surface area contributed by atoms with Gasteiger partial charge in [0.05, 0.1) is 5.56 Å². The molecule has 1 nitrogen and oxygen atoms in total. The molecule has 1 saturated carbocycles. The van der Waals surface area contributed by atoms with Crippen molar-refractivity contribution < 1.29 is 13.2 Å². The van der Waals surface area contributed by atoms with Gasteiger partial charge in [-0.3, -0.25) is 0 Å². The molecule has 1 aromatic carbocycles. The van der Waals surface area contributed by atoms with Gasteiger partial charge in [0.15, 0.2) is 0 Å². The zero-order valence-corrected chi connectivity index (χ0v) is 12.9. The normalized spacial score (nSPS) is 17.8. The van der Waals surface area contributed by atoms with E-state index < -0.39 is 11.7 Å². The fourth-order valence-electron chi connectivity index (χ4n) is 2.69. The molecule has 1 N–H and O–H groups in total. The highest BCUT2D eigenvalue weighted by Crippen LogP contribution is 2.33. The summed E-state index contributed by atoms with van der Waals surface area (Å²) >= 11 is 3.14. The molecule has 0 atom stereocenters. The van der Waals surface area contributed by atoms with E-state index in [4.69, 9.17) is 0 Å². The molecule has 0 aromatic heterocycles. The second-order valence-corrected chi connectivity index (χ2v) is 6.38. The van der Waals surface area contributed by atoms with Crippen LogP contribution in [0.25, 0.3) is 0 Å². The lowest BCUT2D eigenvalue weighted by Crippen LogP contribution is -2.14. The highest BCUT2D eigenvalue weighted by atomic mass is 79.9. The van der Waals surface area contributed by atoms with Gasteiger partial charge in [-0.1, -0.05) is 41.6 Å². The minimum Gasteiger partial charge on any atom is -0.385 e. The first-order valence-electron chi connectivity index (χ1n) is 7.07. The third kappa shape index (κ3) is 4.69. The number of hydrogen-bond acceptors (Lipinski definition) is 1. The Morgan fingerprint density at radius 2 is 1.70 bits per heavy atom. The largest absolute Gasteiger partial charge is 0.416 e. The van der Waals surface area contributed by atoms with Crippen molar-refractivity contribution in [2.24, 2.45) is 5.92 Å². The van der Waals surface area contributed by atoms with Crippen LogP contribution in [0.5, 0.6) is 0 Å². The van der Waals surface area contributed by atoms with Gasteiger partial charge in [-0.2, -0.15) is 13.2 Å².